The van der Waals surface area contributed by atoms with Gasteiger partial charge in [0.05, 0.1) is 17.5 Å². The standard InChI is InChI=1S/C17H13BrN4O2/c18-10-5-7-11(8-6-10)19-16(24)14-9-15(23)21-17-20-12-3-1-2-4-13(12)22(14)17/h1-8,14H,9H2,(H,19,24)(H,20,21,23). The minimum atomic E-state index is -0.634. The van der Waals surface area contributed by atoms with E-state index in [9.17, 15) is 9.59 Å². The van der Waals surface area contributed by atoms with Gasteiger partial charge in [0, 0.05) is 10.2 Å². The number of aromatic nitrogens is 2. The Balaban J connectivity index is 1.72. The van der Waals surface area contributed by atoms with Gasteiger partial charge >= 0.3 is 0 Å². The maximum atomic E-state index is 12.8. The number of nitrogens with zero attached hydrogens (tertiary/aromatic N) is 2. The smallest absolute Gasteiger partial charge is 0.248 e. The van der Waals surface area contributed by atoms with Crippen LogP contribution in [0.4, 0.5) is 11.6 Å². The number of hydrogen-bond donors (Lipinski definition) is 2. The summed E-state index contributed by atoms with van der Waals surface area (Å²) in [4.78, 5) is 29.1. The van der Waals surface area contributed by atoms with E-state index >= 15 is 0 Å². The van der Waals surface area contributed by atoms with Crippen LogP contribution >= 0.6 is 15.9 Å². The average molecular weight is 385 g/mol. The summed E-state index contributed by atoms with van der Waals surface area (Å²) in [5.41, 5.74) is 2.25. The third-order valence-electron chi connectivity index (χ3n) is 3.95. The van der Waals surface area contributed by atoms with Gasteiger partial charge in [0.25, 0.3) is 0 Å². The maximum Gasteiger partial charge on any atom is 0.248 e. The Kier molecular flexibility index (Phi) is 3.57. The molecule has 0 bridgehead atoms. The number of amides is 2. The van der Waals surface area contributed by atoms with Gasteiger partial charge in [0.1, 0.15) is 6.04 Å². The highest BCUT2D eigenvalue weighted by Crippen LogP contribution is 2.31. The molecule has 0 fully saturated rings. The number of para-hydroxylation sites is 2. The van der Waals surface area contributed by atoms with Crippen molar-refractivity contribution in [1.29, 1.82) is 0 Å². The predicted octanol–water partition coefficient (Wildman–Crippen LogP) is 3.32. The first-order chi connectivity index (χ1) is 11.6. The van der Waals surface area contributed by atoms with Crippen LogP contribution in [0.5, 0.6) is 0 Å². The van der Waals surface area contributed by atoms with E-state index in [0.29, 0.717) is 11.6 Å². The monoisotopic (exact) mass is 384 g/mol. The second-order valence-corrected chi connectivity index (χ2v) is 6.47. The summed E-state index contributed by atoms with van der Waals surface area (Å²) < 4.78 is 2.71. The van der Waals surface area contributed by atoms with Crippen LogP contribution < -0.4 is 10.6 Å². The van der Waals surface area contributed by atoms with Crippen LogP contribution in [0.3, 0.4) is 0 Å². The normalized spacial score (nSPS) is 16.5. The summed E-state index contributed by atoms with van der Waals surface area (Å²) in [6.45, 7) is 0. The molecule has 0 saturated carbocycles. The van der Waals surface area contributed by atoms with Gasteiger partial charge in [0.2, 0.25) is 17.8 Å². The van der Waals surface area contributed by atoms with Crippen molar-refractivity contribution in [2.75, 3.05) is 10.6 Å². The minimum Gasteiger partial charge on any atom is -0.324 e. The van der Waals surface area contributed by atoms with Gasteiger partial charge in [-0.05, 0) is 36.4 Å². The van der Waals surface area contributed by atoms with Gasteiger partial charge in [-0.2, -0.15) is 0 Å². The van der Waals surface area contributed by atoms with E-state index < -0.39 is 6.04 Å². The van der Waals surface area contributed by atoms with Gasteiger partial charge in [0.15, 0.2) is 0 Å². The molecule has 2 amide bonds. The van der Waals surface area contributed by atoms with Crippen LogP contribution in [0.15, 0.2) is 53.0 Å². The second-order valence-electron chi connectivity index (χ2n) is 5.56. The highest BCUT2D eigenvalue weighted by Gasteiger charge is 2.32. The number of benzene rings is 2. The van der Waals surface area contributed by atoms with Crippen LogP contribution in [0.1, 0.15) is 12.5 Å². The number of anilines is 2. The van der Waals surface area contributed by atoms with Gasteiger partial charge in [-0.15, -0.1) is 0 Å². The average Bonchev–Trinajstić information content (AvgIpc) is 2.94. The van der Waals surface area contributed by atoms with E-state index in [-0.39, 0.29) is 18.2 Å². The largest absolute Gasteiger partial charge is 0.324 e. The quantitative estimate of drug-likeness (QED) is 0.711. The third kappa shape index (κ3) is 2.56. The molecule has 7 heteroatoms. The van der Waals surface area contributed by atoms with Crippen LogP contribution in [-0.2, 0) is 9.59 Å². The Morgan fingerprint density at radius 3 is 2.75 bits per heavy atom. The SMILES string of the molecule is O=C1CC(C(=O)Nc2ccc(Br)cc2)n2c(nc3ccccc32)N1. The molecule has 2 heterocycles. The lowest BCUT2D eigenvalue weighted by molar-refractivity contribution is -0.124. The van der Waals surface area contributed by atoms with E-state index in [2.05, 4.69) is 31.5 Å². The first-order valence-electron chi connectivity index (χ1n) is 7.45. The fourth-order valence-electron chi connectivity index (χ4n) is 2.86. The molecule has 2 N–H and O–H groups in total. The Bertz CT molecular complexity index is 949. The Labute approximate surface area is 146 Å². The van der Waals surface area contributed by atoms with E-state index in [1.807, 2.05) is 36.4 Å². The lowest BCUT2D eigenvalue weighted by atomic mass is 10.1. The topological polar surface area (TPSA) is 76.0 Å². The fourth-order valence-corrected chi connectivity index (χ4v) is 3.12. The fraction of sp³-hybridized carbons (Fsp3) is 0.118. The number of fused-ring (bicyclic) bond motifs is 3. The molecular weight excluding hydrogens is 372 g/mol. The molecule has 0 saturated heterocycles. The van der Waals surface area contributed by atoms with Crippen molar-refractivity contribution in [3.8, 4) is 0 Å². The molecular formula is C17H13BrN4O2. The van der Waals surface area contributed by atoms with Gasteiger partial charge in [-0.25, -0.2) is 4.98 Å². The Morgan fingerprint density at radius 1 is 1.21 bits per heavy atom. The predicted molar refractivity (Wildman–Crippen MR) is 94.8 cm³/mol. The van der Waals surface area contributed by atoms with Gasteiger partial charge in [-0.1, -0.05) is 28.1 Å². The molecule has 2 aromatic carbocycles. The van der Waals surface area contributed by atoms with Gasteiger partial charge < -0.3 is 5.32 Å². The van der Waals surface area contributed by atoms with E-state index in [4.69, 9.17) is 0 Å². The van der Waals surface area contributed by atoms with Crippen LogP contribution in [0.2, 0.25) is 0 Å². The second kappa shape index (κ2) is 5.76. The molecule has 6 nitrogen and oxygen atoms in total. The van der Waals surface area contributed by atoms with Crippen LogP contribution in [0, 0.1) is 0 Å². The van der Waals surface area contributed by atoms with Crippen molar-refractivity contribution in [2.45, 2.75) is 12.5 Å². The third-order valence-corrected chi connectivity index (χ3v) is 4.48. The van der Waals surface area contributed by atoms with Crippen LogP contribution in [0.25, 0.3) is 11.0 Å². The molecule has 4 rings (SSSR count). The molecule has 120 valence electrons. The van der Waals surface area contributed by atoms with Crippen molar-refractivity contribution < 1.29 is 9.59 Å². The van der Waals surface area contributed by atoms with Crippen molar-refractivity contribution in [2.24, 2.45) is 0 Å². The van der Waals surface area contributed by atoms with Crippen molar-refractivity contribution >= 4 is 50.4 Å². The molecule has 1 aliphatic heterocycles. The molecule has 3 aromatic rings. The summed E-state index contributed by atoms with van der Waals surface area (Å²) in [6, 6.07) is 14.2. The number of carbonyl (C=O) groups excluding carboxylic acids is 2. The van der Waals surface area contributed by atoms with E-state index in [1.54, 1.807) is 16.7 Å². The summed E-state index contributed by atoms with van der Waals surface area (Å²) in [5.74, 6) is -0.0475. The van der Waals surface area contributed by atoms with Gasteiger partial charge in [-0.3, -0.25) is 19.5 Å². The first kappa shape index (κ1) is 14.9. The summed E-state index contributed by atoms with van der Waals surface area (Å²) >= 11 is 3.36. The Morgan fingerprint density at radius 2 is 1.96 bits per heavy atom. The van der Waals surface area contributed by atoms with Crippen molar-refractivity contribution in [1.82, 2.24) is 9.55 Å². The summed E-state index contributed by atoms with van der Waals surface area (Å²) in [5, 5.41) is 5.60. The number of hydrogen-bond acceptors (Lipinski definition) is 3. The molecule has 1 atom stereocenters. The molecule has 0 aliphatic carbocycles. The summed E-state index contributed by atoms with van der Waals surface area (Å²) in [6.07, 6.45) is 0.0791. The zero-order chi connectivity index (χ0) is 16.7. The zero-order valence-corrected chi connectivity index (χ0v) is 14.1. The number of halogens is 1. The van der Waals surface area contributed by atoms with E-state index in [0.717, 1.165) is 15.5 Å². The highest BCUT2D eigenvalue weighted by atomic mass is 79.9. The number of imidazole rings is 1. The maximum absolute atomic E-state index is 12.8. The molecule has 0 radical (unpaired) electrons. The molecule has 0 spiro atoms. The molecule has 1 aromatic heterocycles. The number of carbonyl (C=O) groups is 2. The Hall–Kier alpha value is -2.67. The highest BCUT2D eigenvalue weighted by molar-refractivity contribution is 9.10. The van der Waals surface area contributed by atoms with Crippen molar-refractivity contribution in [3.63, 3.8) is 0 Å². The minimum absolute atomic E-state index is 0.0791. The molecule has 1 aliphatic rings. The summed E-state index contributed by atoms with van der Waals surface area (Å²) in [7, 11) is 0. The molecule has 1 unspecified atom stereocenters. The first-order valence-corrected chi connectivity index (χ1v) is 8.24. The molecule has 24 heavy (non-hydrogen) atoms. The van der Waals surface area contributed by atoms with E-state index in [1.165, 1.54) is 0 Å². The van der Waals surface area contributed by atoms with Crippen molar-refractivity contribution in [3.05, 3.63) is 53.0 Å². The lowest BCUT2D eigenvalue weighted by Gasteiger charge is -2.24. The lowest BCUT2D eigenvalue weighted by Crippen LogP contribution is -2.35. The number of rotatable bonds is 2. The number of nitrogens with one attached hydrogen (secondary N) is 2. The zero-order valence-electron chi connectivity index (χ0n) is 12.5. The van der Waals surface area contributed by atoms with Crippen LogP contribution in [-0.4, -0.2) is 21.4 Å².